The van der Waals surface area contributed by atoms with Gasteiger partial charge in [-0.3, -0.25) is 14.4 Å². The van der Waals surface area contributed by atoms with Crippen molar-refractivity contribution in [2.45, 2.75) is 319 Å². The van der Waals surface area contributed by atoms with E-state index in [1.165, 1.54) is 49.2 Å². The number of carboxylic acid groups (broad SMARTS) is 2. The molecule has 0 bridgehead atoms. The van der Waals surface area contributed by atoms with E-state index in [2.05, 4.69) is 171 Å². The Morgan fingerprint density at radius 2 is 0.798 bits per heavy atom. The van der Waals surface area contributed by atoms with Gasteiger partial charge in [0.15, 0.2) is 0 Å². The summed E-state index contributed by atoms with van der Waals surface area (Å²) in [6.45, 7) is 74.1. The molecule has 0 aliphatic rings. The highest BCUT2D eigenvalue weighted by atomic mass is 32.2. The molecular weight excluding hydrogens is 1170 g/mol. The number of amides is 1. The van der Waals surface area contributed by atoms with Gasteiger partial charge in [-0.1, -0.05) is 247 Å². The minimum atomic E-state index is -0.725. The zero-order valence-electron chi connectivity index (χ0n) is 66.1. The van der Waals surface area contributed by atoms with E-state index in [0.717, 1.165) is 44.5 Å². The quantitative estimate of drug-likeness (QED) is 0.0626. The molecule has 0 saturated carbocycles. The summed E-state index contributed by atoms with van der Waals surface area (Å²) in [5, 5.41) is 42.9. The topological polar surface area (TPSA) is 230 Å². The zero-order chi connectivity index (χ0) is 73.9. The van der Waals surface area contributed by atoms with E-state index in [-0.39, 0.29) is 58.5 Å². The van der Waals surface area contributed by atoms with Crippen LogP contribution in [0.3, 0.4) is 0 Å². The number of carbonyl (C=O) groups is 3. The number of thiol groups is 1. The fourth-order valence-electron chi connectivity index (χ4n) is 4.93. The number of hydrogen-bond donors (Lipinski definition) is 9. The lowest BCUT2D eigenvalue weighted by atomic mass is 9.88. The van der Waals surface area contributed by atoms with Crippen LogP contribution in [0.2, 0.25) is 0 Å². The van der Waals surface area contributed by atoms with Crippen LogP contribution in [0.4, 0.5) is 0 Å². The molecule has 0 aliphatic carbocycles. The van der Waals surface area contributed by atoms with E-state index in [1.54, 1.807) is 19.1 Å². The second-order valence-corrected chi connectivity index (χ2v) is 38.7. The van der Waals surface area contributed by atoms with Gasteiger partial charge in [0.2, 0.25) is 5.91 Å². The van der Waals surface area contributed by atoms with Gasteiger partial charge in [0.25, 0.3) is 0 Å². The molecule has 0 heterocycles. The zero-order valence-corrected chi connectivity index (χ0v) is 68.6. The number of carboxylic acids is 2. The SMILES string of the molecule is CC(C)(C)CC(=O)O.CC(C)(C)CCC(=O)O.CC(C)(C)CCC(N)=O.CC(C)(C)CCCCN.CC(C)(C)CCCN.CC(C)(C)CO.CC(C)(C)CS.CC(C)(C)Cc1ccc(O)cc1.CC(O)C(C)(C)C.CSCC(C)(C)C.CSCCC(C)(C)C. The number of carbonyl (C=O) groups excluding carboxylic acids is 1. The standard InChI is InChI=1S/C11H16O.C8H19N.C7H15NO.C7H17N.C7H14O2.C7H16S.C6H12O2.C6H14O.C6H14S.C5H12O.C5H12S/c1-11(2,3)8-9-4-6-10(12)7-5-9;1-8(2,3)6-4-5-7-9;1-7(2,3)5-4-6(8)9;1-7(2,3)5-4-6-8;1-7(2,3)5-4-6(8)9;1-7(2,3)5-6-8-4;1-6(2,3)4-5(7)8;1-5(7)6(2,3)4;1-6(2,3)5-7-4;2*1-5(2,3)4-6/h4-7,12H,8H2,1-3H3;4-7,9H2,1-3H3;4-5H2,1-3H3,(H2,8,9);4-6,8H2,1-3H3;4-5H2,1-3H3,(H,8,9);5-6H2,1-4H3;4H2,1-3H3,(H,7,8);5,7H,1-4H3;5H2,1-4H3;2*6H,4H2,1-3H3. The molecule has 0 fully saturated rings. The van der Waals surface area contributed by atoms with Gasteiger partial charge in [-0.05, 0) is 178 Å². The first-order valence-corrected chi connectivity index (χ1v) is 36.2. The molecule has 0 saturated heterocycles. The second kappa shape index (κ2) is 55.6. The Kier molecular flexibility index (Phi) is 68.0. The van der Waals surface area contributed by atoms with Gasteiger partial charge in [0.1, 0.15) is 5.75 Å². The van der Waals surface area contributed by atoms with Crippen molar-refractivity contribution < 1.29 is 39.9 Å². The molecule has 0 aromatic heterocycles. The summed E-state index contributed by atoms with van der Waals surface area (Å²) in [4.78, 5) is 30.3. The number of nitrogens with two attached hydrogens (primary N) is 3. The van der Waals surface area contributed by atoms with E-state index in [4.69, 9.17) is 42.7 Å². The molecule has 0 aliphatic heterocycles. The van der Waals surface area contributed by atoms with Gasteiger partial charge in [-0.25, -0.2) is 0 Å². The van der Waals surface area contributed by atoms with Gasteiger partial charge >= 0.3 is 11.9 Å². The van der Waals surface area contributed by atoms with E-state index in [1.807, 2.05) is 119 Å². The fourth-order valence-corrected chi connectivity index (χ4v) is 6.62. The molecule has 0 radical (unpaired) electrons. The van der Waals surface area contributed by atoms with E-state index in [0.29, 0.717) is 44.7 Å². The highest BCUT2D eigenvalue weighted by Crippen LogP contribution is 2.25. The first-order chi connectivity index (χ1) is 39.0. The van der Waals surface area contributed by atoms with Crippen molar-refractivity contribution in [3.05, 3.63) is 29.8 Å². The maximum Gasteiger partial charge on any atom is 0.303 e. The van der Waals surface area contributed by atoms with Crippen LogP contribution in [0.15, 0.2) is 24.3 Å². The van der Waals surface area contributed by atoms with Crippen LogP contribution in [0.5, 0.6) is 5.75 Å². The third kappa shape index (κ3) is 158. The van der Waals surface area contributed by atoms with Crippen molar-refractivity contribution in [1.82, 2.24) is 0 Å². The third-order valence-corrected chi connectivity index (χ3v) is 13.6. The average Bonchev–Trinajstić information content (AvgIpc) is 3.28. The van der Waals surface area contributed by atoms with Crippen molar-refractivity contribution in [3.8, 4) is 5.75 Å². The molecule has 1 aromatic carbocycles. The number of aromatic hydroxyl groups is 1. The largest absolute Gasteiger partial charge is 0.508 e. The lowest BCUT2D eigenvalue weighted by Crippen LogP contribution is -2.21. The van der Waals surface area contributed by atoms with E-state index < -0.39 is 11.9 Å². The predicted octanol–water partition coefficient (Wildman–Crippen LogP) is 21.2. The Hall–Kier alpha value is -1.68. The monoisotopic (exact) mass is 1330 g/mol. The van der Waals surface area contributed by atoms with Crippen molar-refractivity contribution in [3.63, 3.8) is 0 Å². The summed E-state index contributed by atoms with van der Waals surface area (Å²) >= 11 is 7.94. The predicted molar refractivity (Wildman–Crippen MR) is 409 cm³/mol. The van der Waals surface area contributed by atoms with Crippen molar-refractivity contribution in [1.29, 1.82) is 0 Å². The number of rotatable bonds is 14. The molecule has 11 nitrogen and oxygen atoms in total. The number of phenols is 1. The second-order valence-electron chi connectivity index (χ2n) is 36.6. The normalized spacial score (nSPS) is 12.1. The van der Waals surface area contributed by atoms with Gasteiger partial charge in [-0.2, -0.15) is 36.2 Å². The number of thioether (sulfide) groups is 2. The molecule has 1 rings (SSSR count). The molecule has 0 spiro atoms. The summed E-state index contributed by atoms with van der Waals surface area (Å²) in [5.41, 5.74) is 20.1. The van der Waals surface area contributed by atoms with Crippen LogP contribution < -0.4 is 17.2 Å². The third-order valence-electron chi connectivity index (χ3n) is 10.9. The molecule has 542 valence electrons. The first-order valence-electron chi connectivity index (χ1n) is 32.8. The van der Waals surface area contributed by atoms with Crippen molar-refractivity contribution >= 4 is 54.0 Å². The van der Waals surface area contributed by atoms with Gasteiger partial charge < -0.3 is 42.7 Å². The molecule has 1 atom stereocenters. The smallest absolute Gasteiger partial charge is 0.303 e. The van der Waals surface area contributed by atoms with Crippen molar-refractivity contribution in [2.75, 3.05) is 49.5 Å². The lowest BCUT2D eigenvalue weighted by molar-refractivity contribution is -0.139. The van der Waals surface area contributed by atoms with Crippen LogP contribution in [0.1, 0.15) is 312 Å². The van der Waals surface area contributed by atoms with Crippen molar-refractivity contribution in [2.24, 2.45) is 76.8 Å². The molecule has 89 heavy (non-hydrogen) atoms. The molecule has 11 N–H and O–H groups in total. The summed E-state index contributed by atoms with van der Waals surface area (Å²) in [7, 11) is 0. The molecule has 14 heteroatoms. The van der Waals surface area contributed by atoms with Gasteiger partial charge in [-0.15, -0.1) is 0 Å². The molecule has 1 aromatic rings. The summed E-state index contributed by atoms with van der Waals surface area (Å²) in [6, 6.07) is 7.42. The van der Waals surface area contributed by atoms with Crippen LogP contribution >= 0.6 is 36.2 Å². The highest BCUT2D eigenvalue weighted by Gasteiger charge is 2.17. The number of benzene rings is 1. The summed E-state index contributed by atoms with van der Waals surface area (Å²) in [5.74, 6) is 2.23. The highest BCUT2D eigenvalue weighted by molar-refractivity contribution is 7.98. The maximum absolute atomic E-state index is 10.3. The number of aliphatic hydroxyl groups excluding tert-OH is 2. The van der Waals surface area contributed by atoms with E-state index in [9.17, 15) is 14.4 Å². The average molecular weight is 1330 g/mol. The van der Waals surface area contributed by atoms with Crippen LogP contribution in [-0.2, 0) is 20.8 Å². The van der Waals surface area contributed by atoms with Crippen LogP contribution in [0, 0.1) is 59.6 Å². The van der Waals surface area contributed by atoms with Crippen LogP contribution in [0.25, 0.3) is 0 Å². The number of unbranched alkanes of at least 4 members (excludes halogenated alkanes) is 1. The fraction of sp³-hybridized carbons (Fsp3) is 0.880. The van der Waals surface area contributed by atoms with Gasteiger partial charge in [0, 0.05) is 19.4 Å². The Balaban J connectivity index is -0.0000000970. The number of phenolic OH excluding ortho intramolecular Hbond substituents is 1. The molecule has 1 amide bonds. The number of primary amides is 1. The van der Waals surface area contributed by atoms with E-state index >= 15 is 0 Å². The summed E-state index contributed by atoms with van der Waals surface area (Å²) in [6.07, 6.45) is 15.3. The Bertz CT molecular complexity index is 1670. The van der Waals surface area contributed by atoms with Crippen LogP contribution in [-0.4, -0.2) is 98.9 Å². The Morgan fingerprint density at radius 3 is 0.933 bits per heavy atom. The number of hydrogen-bond acceptors (Lipinski definition) is 11. The Morgan fingerprint density at radius 1 is 0.472 bits per heavy atom. The summed E-state index contributed by atoms with van der Waals surface area (Å²) < 4.78 is 0. The minimum absolute atomic E-state index is 0.0556. The lowest BCUT2D eigenvalue weighted by Gasteiger charge is -2.21. The maximum atomic E-state index is 10.3. The molecular formula is C75H161N3O8S3. The first kappa shape index (κ1) is 109. The minimum Gasteiger partial charge on any atom is -0.508 e. The van der Waals surface area contributed by atoms with Gasteiger partial charge in [0.05, 0.1) is 12.5 Å². The number of aliphatic hydroxyl groups is 2. The molecule has 1 unspecified atom stereocenters. The Labute approximate surface area is 571 Å². The number of aliphatic carboxylic acids is 2.